The summed E-state index contributed by atoms with van der Waals surface area (Å²) < 4.78 is 1.93. The molecular formula is C22H21N3O2S. The molecule has 0 saturated heterocycles. The summed E-state index contributed by atoms with van der Waals surface area (Å²) in [7, 11) is 1.63. The zero-order valence-corrected chi connectivity index (χ0v) is 16.8. The van der Waals surface area contributed by atoms with Crippen LogP contribution in [-0.4, -0.2) is 34.9 Å². The van der Waals surface area contributed by atoms with E-state index < -0.39 is 0 Å². The van der Waals surface area contributed by atoms with Gasteiger partial charge in [0.15, 0.2) is 0 Å². The Morgan fingerprint density at radius 3 is 2.61 bits per heavy atom. The zero-order valence-electron chi connectivity index (χ0n) is 16.0. The van der Waals surface area contributed by atoms with Gasteiger partial charge >= 0.3 is 0 Å². The van der Waals surface area contributed by atoms with E-state index in [0.717, 1.165) is 15.4 Å². The van der Waals surface area contributed by atoms with Gasteiger partial charge in [-0.3, -0.25) is 9.59 Å². The molecule has 0 saturated carbocycles. The van der Waals surface area contributed by atoms with Crippen molar-refractivity contribution < 1.29 is 9.59 Å². The summed E-state index contributed by atoms with van der Waals surface area (Å²) in [5.41, 5.74) is 2.86. The largest absolute Gasteiger partial charge is 0.332 e. The van der Waals surface area contributed by atoms with E-state index in [2.05, 4.69) is 11.2 Å². The highest BCUT2D eigenvalue weighted by molar-refractivity contribution is 7.15. The monoisotopic (exact) mass is 391 g/mol. The van der Waals surface area contributed by atoms with Crippen molar-refractivity contribution in [3.63, 3.8) is 0 Å². The van der Waals surface area contributed by atoms with Gasteiger partial charge in [-0.1, -0.05) is 12.0 Å². The average molecular weight is 391 g/mol. The molecule has 2 aromatic heterocycles. The van der Waals surface area contributed by atoms with E-state index in [1.807, 2.05) is 42.9 Å². The number of likely N-dealkylation sites (N-methyl/N-ethyl adjacent to an activating group) is 1. The molecule has 3 rings (SSSR count). The van der Waals surface area contributed by atoms with Gasteiger partial charge in [0.2, 0.25) is 5.91 Å². The van der Waals surface area contributed by atoms with Crippen molar-refractivity contribution >= 4 is 28.8 Å². The van der Waals surface area contributed by atoms with Gasteiger partial charge in [-0.2, -0.15) is 0 Å². The zero-order chi connectivity index (χ0) is 20.3. The fourth-order valence-electron chi connectivity index (χ4n) is 2.88. The fourth-order valence-corrected chi connectivity index (χ4v) is 3.99. The molecule has 5 nitrogen and oxygen atoms in total. The molecule has 0 aliphatic heterocycles. The van der Waals surface area contributed by atoms with E-state index in [1.54, 1.807) is 42.6 Å². The molecule has 0 unspecified atom stereocenters. The number of anilines is 1. The van der Waals surface area contributed by atoms with Crippen LogP contribution in [0.2, 0.25) is 0 Å². The van der Waals surface area contributed by atoms with Gasteiger partial charge in [-0.25, -0.2) is 0 Å². The van der Waals surface area contributed by atoms with Crippen molar-refractivity contribution in [2.75, 3.05) is 18.9 Å². The lowest BCUT2D eigenvalue weighted by molar-refractivity contribution is -0.116. The number of benzene rings is 1. The number of hydrogen-bond donors (Lipinski definition) is 1. The number of hydrogen-bond acceptors (Lipinski definition) is 3. The maximum Gasteiger partial charge on any atom is 0.257 e. The summed E-state index contributed by atoms with van der Waals surface area (Å²) >= 11 is 1.57. The van der Waals surface area contributed by atoms with Crippen molar-refractivity contribution in [1.29, 1.82) is 0 Å². The first-order valence-corrected chi connectivity index (χ1v) is 9.57. The third-order valence-electron chi connectivity index (χ3n) is 4.46. The number of nitrogens with zero attached hydrogens (tertiary/aromatic N) is 2. The Bertz CT molecular complexity index is 1060. The van der Waals surface area contributed by atoms with Crippen molar-refractivity contribution in [3.8, 4) is 17.3 Å². The minimum atomic E-state index is -0.280. The summed E-state index contributed by atoms with van der Waals surface area (Å²) in [4.78, 5) is 28.0. The maximum absolute atomic E-state index is 13.1. The summed E-state index contributed by atoms with van der Waals surface area (Å²) in [5.74, 6) is 2.07. The Morgan fingerprint density at radius 1 is 1.21 bits per heavy atom. The minimum absolute atomic E-state index is 0.0570. The first-order valence-electron chi connectivity index (χ1n) is 8.76. The van der Waals surface area contributed by atoms with Crippen LogP contribution in [0.15, 0.2) is 48.8 Å². The molecule has 0 aliphatic rings. The lowest BCUT2D eigenvalue weighted by atomic mass is 10.1. The van der Waals surface area contributed by atoms with Gasteiger partial charge in [0.05, 0.1) is 12.1 Å². The van der Waals surface area contributed by atoms with Crippen molar-refractivity contribution in [2.45, 2.75) is 13.8 Å². The van der Waals surface area contributed by atoms with Gasteiger partial charge in [0.1, 0.15) is 5.00 Å². The molecule has 1 N–H and O–H groups in total. The third-order valence-corrected chi connectivity index (χ3v) is 5.68. The highest BCUT2D eigenvalue weighted by Crippen LogP contribution is 2.31. The number of amides is 2. The van der Waals surface area contributed by atoms with E-state index in [-0.39, 0.29) is 18.4 Å². The molecule has 6 heteroatoms. The van der Waals surface area contributed by atoms with Crippen LogP contribution in [0.25, 0.3) is 5.00 Å². The second-order valence-electron chi connectivity index (χ2n) is 6.49. The second kappa shape index (κ2) is 8.15. The minimum Gasteiger partial charge on any atom is -0.332 e. The van der Waals surface area contributed by atoms with Gasteiger partial charge in [-0.15, -0.1) is 17.8 Å². The number of rotatable bonds is 5. The maximum atomic E-state index is 13.1. The average Bonchev–Trinajstić information content (AvgIpc) is 3.30. The molecule has 0 radical (unpaired) electrons. The number of carbonyl (C=O) groups is 2. The quantitative estimate of drug-likeness (QED) is 0.672. The van der Waals surface area contributed by atoms with Crippen LogP contribution < -0.4 is 5.32 Å². The number of thiophene rings is 1. The Balaban J connectivity index is 1.76. The van der Waals surface area contributed by atoms with E-state index in [1.165, 1.54) is 4.90 Å². The second-order valence-corrected chi connectivity index (χ2v) is 7.69. The third kappa shape index (κ3) is 4.00. The summed E-state index contributed by atoms with van der Waals surface area (Å²) in [6.07, 6.45) is 9.21. The normalized spacial score (nSPS) is 10.4. The number of nitrogens with one attached hydrogen (secondary N) is 1. The van der Waals surface area contributed by atoms with Gasteiger partial charge in [-0.05, 0) is 49.7 Å². The number of aromatic nitrogens is 1. The smallest absolute Gasteiger partial charge is 0.257 e. The van der Waals surface area contributed by atoms with Crippen LogP contribution in [0.3, 0.4) is 0 Å². The molecule has 1 aromatic carbocycles. The van der Waals surface area contributed by atoms with Gasteiger partial charge in [0, 0.05) is 35.6 Å². The van der Waals surface area contributed by atoms with E-state index in [9.17, 15) is 9.59 Å². The summed E-state index contributed by atoms with van der Waals surface area (Å²) in [6.45, 7) is 3.87. The van der Waals surface area contributed by atoms with Crippen LogP contribution in [0.1, 0.15) is 26.4 Å². The topological polar surface area (TPSA) is 54.3 Å². The van der Waals surface area contributed by atoms with E-state index in [0.29, 0.717) is 16.8 Å². The Morgan fingerprint density at radius 2 is 1.93 bits per heavy atom. The Hall–Kier alpha value is -3.30. The van der Waals surface area contributed by atoms with Crippen molar-refractivity contribution in [3.05, 3.63) is 70.4 Å². The van der Waals surface area contributed by atoms with E-state index >= 15 is 0 Å². The van der Waals surface area contributed by atoms with Crippen LogP contribution >= 0.6 is 11.3 Å². The molecule has 0 aliphatic carbocycles. The number of aryl methyl sites for hydroxylation is 1. The first-order chi connectivity index (χ1) is 13.4. The fraction of sp³-hybridized carbons (Fsp3) is 0.182. The molecule has 3 aromatic rings. The lowest BCUT2D eigenvalue weighted by Crippen LogP contribution is -2.35. The van der Waals surface area contributed by atoms with Gasteiger partial charge < -0.3 is 14.8 Å². The van der Waals surface area contributed by atoms with Gasteiger partial charge in [0.25, 0.3) is 5.91 Å². The highest BCUT2D eigenvalue weighted by atomic mass is 32.1. The molecule has 142 valence electrons. The summed E-state index contributed by atoms with van der Waals surface area (Å²) in [6, 6.07) is 10.9. The van der Waals surface area contributed by atoms with Crippen molar-refractivity contribution in [1.82, 2.24) is 9.47 Å². The summed E-state index contributed by atoms with van der Waals surface area (Å²) in [5, 5.41) is 3.65. The molecule has 0 fully saturated rings. The standard InChI is InChI=1S/C22H21N3O2S/c1-5-17-9-8-10-18(13-17)23-19(26)14-24(4)21(27)20-15(2)16(3)28-22(20)25-11-6-7-12-25/h1,6-13H,14H2,2-4H3,(H,23,26). The molecule has 0 bridgehead atoms. The molecule has 2 heterocycles. The molecule has 2 amide bonds. The predicted octanol–water partition coefficient (Wildman–Crippen LogP) is 3.85. The number of carbonyl (C=O) groups excluding carboxylic acids is 2. The molecule has 0 spiro atoms. The first kappa shape index (κ1) is 19.5. The van der Waals surface area contributed by atoms with Crippen LogP contribution in [0.4, 0.5) is 5.69 Å². The molecule has 28 heavy (non-hydrogen) atoms. The number of terminal acetylenes is 1. The molecule has 0 atom stereocenters. The van der Waals surface area contributed by atoms with E-state index in [4.69, 9.17) is 6.42 Å². The van der Waals surface area contributed by atoms with Crippen molar-refractivity contribution in [2.24, 2.45) is 0 Å². The Labute approximate surface area is 168 Å². The Kier molecular flexibility index (Phi) is 5.67. The lowest BCUT2D eigenvalue weighted by Gasteiger charge is -2.18. The highest BCUT2D eigenvalue weighted by Gasteiger charge is 2.24. The SMILES string of the molecule is C#Cc1cccc(NC(=O)CN(C)C(=O)c2c(-n3cccc3)sc(C)c2C)c1. The van der Waals surface area contributed by atoms with Crippen LogP contribution in [0, 0.1) is 26.2 Å². The van der Waals surface area contributed by atoms with Crippen LogP contribution in [0.5, 0.6) is 0 Å². The molecular weight excluding hydrogens is 370 g/mol. The van der Waals surface area contributed by atoms with Crippen LogP contribution in [-0.2, 0) is 4.79 Å². The predicted molar refractivity (Wildman–Crippen MR) is 113 cm³/mol.